The second kappa shape index (κ2) is 6.24. The molecule has 2 rings (SSSR count). The average molecular weight is 247 g/mol. The molecular formula is C16H25NO. The lowest BCUT2D eigenvalue weighted by molar-refractivity contribution is 0.316. The lowest BCUT2D eigenvalue weighted by atomic mass is 9.89. The molecule has 0 amide bonds. The van der Waals surface area contributed by atoms with Gasteiger partial charge in [0.2, 0.25) is 0 Å². The summed E-state index contributed by atoms with van der Waals surface area (Å²) in [5.41, 5.74) is 1.93. The average Bonchev–Trinajstić information content (AvgIpc) is 2.83. The summed E-state index contributed by atoms with van der Waals surface area (Å²) < 4.78 is 5.16. The van der Waals surface area contributed by atoms with Gasteiger partial charge in [0.05, 0.1) is 7.11 Å². The molecule has 1 N–H and O–H groups in total. The first-order valence-corrected chi connectivity index (χ1v) is 7.06. The molecular weight excluding hydrogens is 222 g/mol. The highest BCUT2D eigenvalue weighted by atomic mass is 16.5. The van der Waals surface area contributed by atoms with Crippen molar-refractivity contribution in [1.82, 2.24) is 5.32 Å². The predicted octanol–water partition coefficient (Wildman–Crippen LogP) is 3.41. The fraction of sp³-hybridized carbons (Fsp3) is 0.625. The van der Waals surface area contributed by atoms with Crippen LogP contribution in [0.1, 0.15) is 38.2 Å². The fourth-order valence-corrected chi connectivity index (χ4v) is 2.82. The number of hydrogen-bond acceptors (Lipinski definition) is 2. The number of nitrogens with one attached hydrogen (secondary N) is 1. The van der Waals surface area contributed by atoms with Crippen LogP contribution >= 0.6 is 0 Å². The molecule has 2 heteroatoms. The number of benzene rings is 1. The first-order chi connectivity index (χ1) is 8.72. The van der Waals surface area contributed by atoms with Gasteiger partial charge in [-0.3, -0.25) is 0 Å². The molecule has 2 nitrogen and oxygen atoms in total. The van der Waals surface area contributed by atoms with Gasteiger partial charge in [-0.1, -0.05) is 31.9 Å². The van der Waals surface area contributed by atoms with E-state index in [1.807, 2.05) is 12.1 Å². The van der Waals surface area contributed by atoms with Gasteiger partial charge in [-0.05, 0) is 48.9 Å². The Morgan fingerprint density at radius 3 is 2.44 bits per heavy atom. The monoisotopic (exact) mass is 247 g/mol. The topological polar surface area (TPSA) is 21.3 Å². The Kier molecular flexibility index (Phi) is 4.65. The Morgan fingerprint density at radius 1 is 1.17 bits per heavy atom. The van der Waals surface area contributed by atoms with E-state index in [9.17, 15) is 0 Å². The number of methoxy groups -OCH3 is 1. The van der Waals surface area contributed by atoms with Crippen LogP contribution in [0.2, 0.25) is 0 Å². The SMILES string of the molecule is COc1ccc(CCNCC2(C)CCCC2)cc1. The van der Waals surface area contributed by atoms with Crippen LogP contribution in [-0.4, -0.2) is 20.2 Å². The van der Waals surface area contributed by atoms with Crippen molar-refractivity contribution >= 4 is 0 Å². The summed E-state index contributed by atoms with van der Waals surface area (Å²) in [6, 6.07) is 8.37. The zero-order chi connectivity index (χ0) is 12.8. The second-order valence-corrected chi connectivity index (χ2v) is 5.79. The van der Waals surface area contributed by atoms with E-state index in [4.69, 9.17) is 4.74 Å². The minimum Gasteiger partial charge on any atom is -0.497 e. The van der Waals surface area contributed by atoms with Gasteiger partial charge in [0.15, 0.2) is 0 Å². The normalized spacial score (nSPS) is 17.9. The lowest BCUT2D eigenvalue weighted by Crippen LogP contribution is -2.30. The summed E-state index contributed by atoms with van der Waals surface area (Å²) >= 11 is 0. The second-order valence-electron chi connectivity index (χ2n) is 5.79. The van der Waals surface area contributed by atoms with Crippen LogP contribution < -0.4 is 10.1 Å². The zero-order valence-electron chi connectivity index (χ0n) is 11.7. The Bertz CT molecular complexity index is 352. The third-order valence-corrected chi connectivity index (χ3v) is 4.11. The maximum Gasteiger partial charge on any atom is 0.118 e. The van der Waals surface area contributed by atoms with Crippen LogP contribution in [-0.2, 0) is 6.42 Å². The zero-order valence-corrected chi connectivity index (χ0v) is 11.7. The highest BCUT2D eigenvalue weighted by Crippen LogP contribution is 2.36. The van der Waals surface area contributed by atoms with Crippen molar-refractivity contribution in [2.75, 3.05) is 20.2 Å². The summed E-state index contributed by atoms with van der Waals surface area (Å²) in [5.74, 6) is 0.935. The summed E-state index contributed by atoms with van der Waals surface area (Å²) in [5, 5.41) is 3.61. The Labute approximate surface area is 111 Å². The van der Waals surface area contributed by atoms with Gasteiger partial charge in [0.1, 0.15) is 5.75 Å². The van der Waals surface area contributed by atoms with E-state index in [0.29, 0.717) is 5.41 Å². The van der Waals surface area contributed by atoms with E-state index in [0.717, 1.165) is 18.7 Å². The number of hydrogen-bond donors (Lipinski definition) is 1. The third-order valence-electron chi connectivity index (χ3n) is 4.11. The maximum atomic E-state index is 5.16. The molecule has 0 atom stereocenters. The molecule has 0 unspecified atom stereocenters. The molecule has 0 bridgehead atoms. The molecule has 1 aromatic rings. The molecule has 1 aliphatic rings. The van der Waals surface area contributed by atoms with Crippen LogP contribution in [0, 0.1) is 5.41 Å². The summed E-state index contributed by atoms with van der Waals surface area (Å²) in [6.07, 6.45) is 6.71. The molecule has 0 saturated heterocycles. The van der Waals surface area contributed by atoms with E-state index >= 15 is 0 Å². The van der Waals surface area contributed by atoms with Crippen LogP contribution in [0.4, 0.5) is 0 Å². The molecule has 0 spiro atoms. The van der Waals surface area contributed by atoms with Gasteiger partial charge in [0.25, 0.3) is 0 Å². The number of rotatable bonds is 6. The van der Waals surface area contributed by atoms with Crippen LogP contribution in [0.5, 0.6) is 5.75 Å². The van der Waals surface area contributed by atoms with E-state index in [-0.39, 0.29) is 0 Å². The standard InChI is InChI=1S/C16H25NO/c1-16(10-3-4-11-16)13-17-12-9-14-5-7-15(18-2)8-6-14/h5-8,17H,3-4,9-13H2,1-2H3. The van der Waals surface area contributed by atoms with Crippen molar-refractivity contribution in [2.45, 2.75) is 39.0 Å². The van der Waals surface area contributed by atoms with Crippen molar-refractivity contribution in [3.63, 3.8) is 0 Å². The van der Waals surface area contributed by atoms with Crippen LogP contribution in [0.3, 0.4) is 0 Å². The fourth-order valence-electron chi connectivity index (χ4n) is 2.82. The van der Waals surface area contributed by atoms with Crippen molar-refractivity contribution < 1.29 is 4.74 Å². The molecule has 0 aromatic heterocycles. The van der Waals surface area contributed by atoms with Crippen LogP contribution in [0.15, 0.2) is 24.3 Å². The van der Waals surface area contributed by atoms with Crippen molar-refractivity contribution in [3.05, 3.63) is 29.8 Å². The molecule has 18 heavy (non-hydrogen) atoms. The Morgan fingerprint density at radius 2 is 1.83 bits per heavy atom. The smallest absolute Gasteiger partial charge is 0.118 e. The minimum atomic E-state index is 0.555. The number of ether oxygens (including phenoxy) is 1. The predicted molar refractivity (Wildman–Crippen MR) is 76.1 cm³/mol. The lowest BCUT2D eigenvalue weighted by Gasteiger charge is -2.23. The third kappa shape index (κ3) is 3.74. The summed E-state index contributed by atoms with van der Waals surface area (Å²) in [6.45, 7) is 4.66. The molecule has 0 radical (unpaired) electrons. The van der Waals surface area contributed by atoms with Gasteiger partial charge in [0, 0.05) is 6.54 Å². The van der Waals surface area contributed by atoms with E-state index < -0.39 is 0 Å². The van der Waals surface area contributed by atoms with Gasteiger partial charge < -0.3 is 10.1 Å². The Balaban J connectivity index is 1.68. The van der Waals surface area contributed by atoms with Gasteiger partial charge in [-0.15, -0.1) is 0 Å². The van der Waals surface area contributed by atoms with Gasteiger partial charge >= 0.3 is 0 Å². The maximum absolute atomic E-state index is 5.16. The highest BCUT2D eigenvalue weighted by molar-refractivity contribution is 5.27. The summed E-state index contributed by atoms with van der Waals surface area (Å²) in [7, 11) is 1.71. The molecule has 1 fully saturated rings. The van der Waals surface area contributed by atoms with E-state index in [1.54, 1.807) is 7.11 Å². The molecule has 1 aliphatic carbocycles. The molecule has 100 valence electrons. The van der Waals surface area contributed by atoms with Gasteiger partial charge in [-0.2, -0.15) is 0 Å². The van der Waals surface area contributed by atoms with Gasteiger partial charge in [-0.25, -0.2) is 0 Å². The van der Waals surface area contributed by atoms with E-state index in [2.05, 4.69) is 24.4 Å². The minimum absolute atomic E-state index is 0.555. The molecule has 1 aromatic carbocycles. The molecule has 1 saturated carbocycles. The first-order valence-electron chi connectivity index (χ1n) is 7.06. The van der Waals surface area contributed by atoms with Crippen molar-refractivity contribution in [1.29, 1.82) is 0 Å². The Hall–Kier alpha value is -1.02. The largest absolute Gasteiger partial charge is 0.497 e. The van der Waals surface area contributed by atoms with Crippen molar-refractivity contribution in [2.24, 2.45) is 5.41 Å². The first kappa shape index (κ1) is 13.4. The molecule has 0 heterocycles. The van der Waals surface area contributed by atoms with Crippen LogP contribution in [0.25, 0.3) is 0 Å². The summed E-state index contributed by atoms with van der Waals surface area (Å²) in [4.78, 5) is 0. The van der Waals surface area contributed by atoms with E-state index in [1.165, 1.54) is 37.8 Å². The molecule has 0 aliphatic heterocycles. The quantitative estimate of drug-likeness (QED) is 0.778. The highest BCUT2D eigenvalue weighted by Gasteiger charge is 2.27. The van der Waals surface area contributed by atoms with Crippen molar-refractivity contribution in [3.8, 4) is 5.75 Å².